The molecule has 0 bridgehead atoms. The minimum Gasteiger partial charge on any atom is -0.339 e. The van der Waals surface area contributed by atoms with Crippen molar-refractivity contribution in [1.82, 2.24) is 19.4 Å². The third kappa shape index (κ3) is 3.99. The highest BCUT2D eigenvalue weighted by Crippen LogP contribution is 2.42. The number of rotatable bonds is 3. The minimum atomic E-state index is -4.93. The summed E-state index contributed by atoms with van der Waals surface area (Å²) >= 11 is 0. The summed E-state index contributed by atoms with van der Waals surface area (Å²) in [6.45, 7) is 1.55. The summed E-state index contributed by atoms with van der Waals surface area (Å²) < 4.78 is 54.8. The molecule has 5 rings (SSSR count). The molecular weight excluding hydrogens is 476 g/mol. The molecule has 6 nitrogen and oxygen atoms in total. The molecule has 0 unspecified atom stereocenters. The van der Waals surface area contributed by atoms with E-state index in [0.717, 1.165) is 0 Å². The Morgan fingerprint density at radius 1 is 0.944 bits per heavy atom. The van der Waals surface area contributed by atoms with Crippen LogP contribution in [0.5, 0.6) is 0 Å². The number of piperidine rings is 1. The Labute approximate surface area is 205 Å². The van der Waals surface area contributed by atoms with E-state index in [9.17, 15) is 27.2 Å². The second kappa shape index (κ2) is 8.85. The van der Waals surface area contributed by atoms with Gasteiger partial charge in [-0.1, -0.05) is 24.3 Å². The fourth-order valence-electron chi connectivity index (χ4n) is 5.37. The number of benzene rings is 1. The first kappa shape index (κ1) is 24.2. The van der Waals surface area contributed by atoms with E-state index in [2.05, 4.69) is 9.88 Å². The molecule has 10 heteroatoms. The number of hydrogen-bond donors (Lipinski definition) is 0. The number of amides is 1. The predicted octanol–water partition coefficient (Wildman–Crippen LogP) is 4.51. The number of carbonyl (C=O) groups is 2. The first-order chi connectivity index (χ1) is 17.1. The van der Waals surface area contributed by atoms with Crippen LogP contribution in [0.2, 0.25) is 0 Å². The number of nitrogens with zero attached hydrogens (tertiary/aromatic N) is 4. The summed E-state index contributed by atoms with van der Waals surface area (Å²) in [6, 6.07) is 12.4. The lowest BCUT2D eigenvalue weighted by atomic mass is 9.81. The van der Waals surface area contributed by atoms with Crippen LogP contribution < -0.4 is 0 Å². The van der Waals surface area contributed by atoms with Crippen molar-refractivity contribution in [2.75, 3.05) is 26.7 Å². The quantitative estimate of drug-likeness (QED) is 0.392. The maximum absolute atomic E-state index is 14.1. The van der Waals surface area contributed by atoms with Crippen molar-refractivity contribution in [3.63, 3.8) is 0 Å². The van der Waals surface area contributed by atoms with Crippen LogP contribution in [0.25, 0.3) is 11.1 Å². The van der Waals surface area contributed by atoms with E-state index in [1.807, 2.05) is 7.05 Å². The molecule has 1 spiro atoms. The largest absolute Gasteiger partial charge is 0.456 e. The first-order valence-electron chi connectivity index (χ1n) is 11.6. The highest BCUT2D eigenvalue weighted by atomic mass is 19.4. The number of ketones is 1. The van der Waals surface area contributed by atoms with Gasteiger partial charge in [-0.25, -0.2) is 4.39 Å². The summed E-state index contributed by atoms with van der Waals surface area (Å²) in [7, 11) is 1.92. The van der Waals surface area contributed by atoms with Gasteiger partial charge in [0.25, 0.3) is 11.7 Å². The fourth-order valence-corrected chi connectivity index (χ4v) is 5.37. The minimum absolute atomic E-state index is 0.240. The molecule has 0 N–H and O–H groups in total. The molecular formula is C26H24F4N4O2. The third-order valence-corrected chi connectivity index (χ3v) is 7.38. The molecule has 1 saturated heterocycles. The Balaban J connectivity index is 1.33. The molecule has 36 heavy (non-hydrogen) atoms. The van der Waals surface area contributed by atoms with Crippen LogP contribution >= 0.6 is 0 Å². The highest BCUT2D eigenvalue weighted by molar-refractivity contribution is 5.99. The van der Waals surface area contributed by atoms with E-state index in [0.29, 0.717) is 55.8 Å². The summed E-state index contributed by atoms with van der Waals surface area (Å²) in [4.78, 5) is 33.1. The molecule has 0 radical (unpaired) electrons. The van der Waals surface area contributed by atoms with Gasteiger partial charge in [0.15, 0.2) is 0 Å². The van der Waals surface area contributed by atoms with Crippen molar-refractivity contribution >= 4 is 11.7 Å². The lowest BCUT2D eigenvalue weighted by molar-refractivity contribution is -0.0892. The van der Waals surface area contributed by atoms with Gasteiger partial charge in [-0.3, -0.25) is 19.5 Å². The number of pyridine rings is 1. The van der Waals surface area contributed by atoms with Crippen LogP contribution in [0.3, 0.4) is 0 Å². The summed E-state index contributed by atoms with van der Waals surface area (Å²) in [5.41, 5.74) is 0.962. The van der Waals surface area contributed by atoms with Crippen LogP contribution in [0.1, 0.15) is 39.5 Å². The van der Waals surface area contributed by atoms with Gasteiger partial charge in [-0.15, -0.1) is 0 Å². The second-order valence-corrected chi connectivity index (χ2v) is 9.24. The van der Waals surface area contributed by atoms with E-state index in [1.54, 1.807) is 41.3 Å². The van der Waals surface area contributed by atoms with Crippen molar-refractivity contribution in [2.45, 2.75) is 31.1 Å². The van der Waals surface area contributed by atoms with Crippen LogP contribution in [0, 0.1) is 5.82 Å². The fraction of sp³-hybridized carbons (Fsp3) is 0.346. The number of Topliss-reactive ketones (excluding diaryl/α,β-unsaturated/α-hetero) is 1. The number of likely N-dealkylation sites (tertiary alicyclic amines) is 1. The zero-order valence-electron chi connectivity index (χ0n) is 19.6. The Bertz CT molecular complexity index is 1310. The molecule has 2 aliphatic heterocycles. The predicted molar refractivity (Wildman–Crippen MR) is 124 cm³/mol. The molecule has 2 aromatic heterocycles. The van der Waals surface area contributed by atoms with Crippen LogP contribution in [-0.2, 0) is 12.1 Å². The summed E-state index contributed by atoms with van der Waals surface area (Å²) in [5, 5.41) is 0. The summed E-state index contributed by atoms with van der Waals surface area (Å²) in [5.74, 6) is -2.47. The number of aromatic nitrogens is 2. The average Bonchev–Trinajstić information content (AvgIpc) is 3.31. The maximum Gasteiger partial charge on any atom is 0.456 e. The Morgan fingerprint density at radius 3 is 2.31 bits per heavy atom. The van der Waals surface area contributed by atoms with Crippen molar-refractivity contribution < 1.29 is 27.2 Å². The van der Waals surface area contributed by atoms with Gasteiger partial charge in [-0.05, 0) is 44.2 Å². The SMILES string of the molecule is CN1CCn2c(C(=O)C(F)(F)F)ccc2C12CCN(C(=O)c1ccc(-c3ccccc3F)cn1)CC2. The first-order valence-corrected chi connectivity index (χ1v) is 11.6. The number of carbonyl (C=O) groups excluding carboxylic acids is 2. The van der Waals surface area contributed by atoms with Gasteiger partial charge in [0, 0.05) is 49.2 Å². The molecule has 1 amide bonds. The zero-order valence-corrected chi connectivity index (χ0v) is 19.6. The Morgan fingerprint density at radius 2 is 1.67 bits per heavy atom. The van der Waals surface area contributed by atoms with Gasteiger partial charge in [0.2, 0.25) is 0 Å². The number of halogens is 4. The molecule has 2 aliphatic rings. The lowest BCUT2D eigenvalue weighted by Crippen LogP contribution is -2.56. The molecule has 3 aromatic rings. The normalized spacial score (nSPS) is 17.8. The van der Waals surface area contributed by atoms with Crippen LogP contribution in [-0.4, -0.2) is 63.9 Å². The van der Waals surface area contributed by atoms with Crippen LogP contribution in [0.15, 0.2) is 54.7 Å². The lowest BCUT2D eigenvalue weighted by Gasteiger charge is -2.50. The standard InChI is InChI=1S/C26H24F4N4O2/c1-32-14-15-34-21(23(35)26(28,29)30)8-9-22(34)25(32)10-12-33(13-11-25)24(36)20-7-6-17(16-31-20)18-4-2-3-5-19(18)27/h2-9,16H,10-15H2,1H3. The van der Waals surface area contributed by atoms with Gasteiger partial charge in [0.05, 0.1) is 11.2 Å². The van der Waals surface area contributed by atoms with Gasteiger partial charge >= 0.3 is 6.18 Å². The molecule has 4 heterocycles. The van der Waals surface area contributed by atoms with E-state index in [-0.39, 0.29) is 23.1 Å². The molecule has 188 valence electrons. The number of likely N-dealkylation sites (N-methyl/N-ethyl adjacent to an activating group) is 1. The molecule has 1 aromatic carbocycles. The number of alkyl halides is 3. The smallest absolute Gasteiger partial charge is 0.339 e. The van der Waals surface area contributed by atoms with Gasteiger partial charge in [0.1, 0.15) is 11.5 Å². The molecule has 0 aliphatic carbocycles. The maximum atomic E-state index is 14.1. The van der Waals surface area contributed by atoms with Gasteiger partial charge < -0.3 is 9.47 Å². The van der Waals surface area contributed by atoms with Crippen molar-refractivity contribution in [3.8, 4) is 11.1 Å². The van der Waals surface area contributed by atoms with Crippen molar-refractivity contribution in [3.05, 3.63) is 77.6 Å². The molecule has 0 atom stereocenters. The van der Waals surface area contributed by atoms with E-state index in [1.165, 1.54) is 22.9 Å². The van der Waals surface area contributed by atoms with Crippen molar-refractivity contribution in [2.24, 2.45) is 0 Å². The Kier molecular flexibility index (Phi) is 5.94. The molecule has 1 fully saturated rings. The van der Waals surface area contributed by atoms with Crippen LogP contribution in [0.4, 0.5) is 17.6 Å². The third-order valence-electron chi connectivity index (χ3n) is 7.38. The Hall–Kier alpha value is -3.53. The van der Waals surface area contributed by atoms with E-state index >= 15 is 0 Å². The second-order valence-electron chi connectivity index (χ2n) is 9.24. The monoisotopic (exact) mass is 500 g/mol. The summed E-state index contributed by atoms with van der Waals surface area (Å²) in [6.07, 6.45) is -2.45. The molecule has 0 saturated carbocycles. The van der Waals surface area contributed by atoms with E-state index < -0.39 is 17.5 Å². The average molecular weight is 500 g/mol. The highest BCUT2D eigenvalue weighted by Gasteiger charge is 2.48. The zero-order chi connectivity index (χ0) is 25.7. The van der Waals surface area contributed by atoms with Crippen molar-refractivity contribution in [1.29, 1.82) is 0 Å². The van der Waals surface area contributed by atoms with Gasteiger partial charge in [-0.2, -0.15) is 13.2 Å². The topological polar surface area (TPSA) is 58.4 Å². The van der Waals surface area contributed by atoms with E-state index in [4.69, 9.17) is 0 Å². The number of hydrogen-bond acceptors (Lipinski definition) is 4. The number of fused-ring (bicyclic) bond motifs is 2.